The molecule has 1 saturated carbocycles. The quantitative estimate of drug-likeness (QED) is 0.856. The van der Waals surface area contributed by atoms with E-state index in [1.807, 2.05) is 11.8 Å². The van der Waals surface area contributed by atoms with Crippen molar-refractivity contribution in [3.8, 4) is 0 Å². The van der Waals surface area contributed by atoms with Gasteiger partial charge in [-0.25, -0.2) is 0 Å². The standard InChI is InChI=1S/C14H19NS/c1-15-13(8-10-6-7-10)12-9-16-14-5-3-2-4-11(12)14/h2-5,10,12-13,15H,6-9H2,1H3. The molecule has 86 valence electrons. The molecule has 0 radical (unpaired) electrons. The molecule has 2 unspecified atom stereocenters. The highest BCUT2D eigenvalue weighted by molar-refractivity contribution is 7.99. The zero-order valence-corrected chi connectivity index (χ0v) is 10.6. The van der Waals surface area contributed by atoms with Gasteiger partial charge in [-0.3, -0.25) is 0 Å². The van der Waals surface area contributed by atoms with Gasteiger partial charge < -0.3 is 5.32 Å². The lowest BCUT2D eigenvalue weighted by Crippen LogP contribution is -2.32. The molecular weight excluding hydrogens is 214 g/mol. The van der Waals surface area contributed by atoms with Gasteiger partial charge in [-0.05, 0) is 31.0 Å². The molecule has 1 aliphatic heterocycles. The third kappa shape index (κ3) is 2.01. The molecule has 0 aromatic heterocycles. The molecule has 16 heavy (non-hydrogen) atoms. The van der Waals surface area contributed by atoms with Crippen LogP contribution in [0, 0.1) is 5.92 Å². The van der Waals surface area contributed by atoms with Crippen LogP contribution in [0.2, 0.25) is 0 Å². The van der Waals surface area contributed by atoms with E-state index < -0.39 is 0 Å². The maximum Gasteiger partial charge on any atom is 0.0144 e. The third-order valence-corrected chi connectivity index (χ3v) is 5.09. The molecule has 2 aliphatic rings. The lowest BCUT2D eigenvalue weighted by molar-refractivity contribution is 0.438. The first-order valence-corrected chi connectivity index (χ1v) is 7.26. The molecule has 0 amide bonds. The second-order valence-corrected chi connectivity index (χ2v) is 6.09. The van der Waals surface area contributed by atoms with Crippen LogP contribution in [0.15, 0.2) is 29.2 Å². The largest absolute Gasteiger partial charge is 0.316 e. The summed E-state index contributed by atoms with van der Waals surface area (Å²) in [5.74, 6) is 3.00. The molecule has 1 aromatic rings. The van der Waals surface area contributed by atoms with Crippen molar-refractivity contribution in [1.82, 2.24) is 5.32 Å². The van der Waals surface area contributed by atoms with Crippen molar-refractivity contribution >= 4 is 11.8 Å². The van der Waals surface area contributed by atoms with Gasteiger partial charge >= 0.3 is 0 Å². The van der Waals surface area contributed by atoms with E-state index >= 15 is 0 Å². The molecule has 1 aliphatic carbocycles. The number of hydrogen-bond donors (Lipinski definition) is 1. The maximum absolute atomic E-state index is 3.54. The predicted molar refractivity (Wildman–Crippen MR) is 70.1 cm³/mol. The highest BCUT2D eigenvalue weighted by Crippen LogP contribution is 2.44. The van der Waals surface area contributed by atoms with Gasteiger partial charge in [0.05, 0.1) is 0 Å². The smallest absolute Gasteiger partial charge is 0.0144 e. The van der Waals surface area contributed by atoms with Crippen molar-refractivity contribution in [2.75, 3.05) is 12.8 Å². The average Bonchev–Trinajstić information content (AvgIpc) is 3.04. The first-order chi connectivity index (χ1) is 7.88. The van der Waals surface area contributed by atoms with Gasteiger partial charge in [0.2, 0.25) is 0 Å². The summed E-state index contributed by atoms with van der Waals surface area (Å²) in [6.45, 7) is 0. The topological polar surface area (TPSA) is 12.0 Å². The Labute approximate surface area is 102 Å². The van der Waals surface area contributed by atoms with Crippen molar-refractivity contribution in [2.24, 2.45) is 5.92 Å². The first-order valence-electron chi connectivity index (χ1n) is 6.27. The van der Waals surface area contributed by atoms with Gasteiger partial charge in [0, 0.05) is 22.6 Å². The second-order valence-electron chi connectivity index (χ2n) is 5.03. The minimum Gasteiger partial charge on any atom is -0.316 e. The molecule has 2 heteroatoms. The number of rotatable bonds is 4. The van der Waals surface area contributed by atoms with Crippen LogP contribution in [0.3, 0.4) is 0 Å². The molecule has 0 spiro atoms. The van der Waals surface area contributed by atoms with Crippen molar-refractivity contribution in [3.63, 3.8) is 0 Å². The lowest BCUT2D eigenvalue weighted by Gasteiger charge is -2.23. The fourth-order valence-electron chi connectivity index (χ4n) is 2.72. The summed E-state index contributed by atoms with van der Waals surface area (Å²) in [6, 6.07) is 9.61. The Morgan fingerprint density at radius 3 is 2.94 bits per heavy atom. The Kier molecular flexibility index (Phi) is 2.95. The van der Waals surface area contributed by atoms with Gasteiger partial charge in [-0.1, -0.05) is 31.0 Å². The summed E-state index contributed by atoms with van der Waals surface area (Å²) in [5.41, 5.74) is 1.58. The molecule has 1 heterocycles. The van der Waals surface area contributed by atoms with E-state index in [9.17, 15) is 0 Å². The van der Waals surface area contributed by atoms with E-state index in [1.165, 1.54) is 29.9 Å². The van der Waals surface area contributed by atoms with Gasteiger partial charge in [0.1, 0.15) is 0 Å². The van der Waals surface area contributed by atoms with Crippen molar-refractivity contribution in [1.29, 1.82) is 0 Å². The molecule has 2 atom stereocenters. The number of likely N-dealkylation sites (N-methyl/N-ethyl adjacent to an activating group) is 1. The van der Waals surface area contributed by atoms with E-state index in [2.05, 4.69) is 36.6 Å². The van der Waals surface area contributed by atoms with E-state index in [0.29, 0.717) is 6.04 Å². The first kappa shape index (κ1) is 10.7. The van der Waals surface area contributed by atoms with Crippen LogP contribution >= 0.6 is 11.8 Å². The minimum absolute atomic E-state index is 0.684. The van der Waals surface area contributed by atoms with Crippen molar-refractivity contribution < 1.29 is 0 Å². The maximum atomic E-state index is 3.54. The van der Waals surface area contributed by atoms with E-state index in [4.69, 9.17) is 0 Å². The summed E-state index contributed by atoms with van der Waals surface area (Å²) in [6.07, 6.45) is 4.29. The summed E-state index contributed by atoms with van der Waals surface area (Å²) in [4.78, 5) is 1.50. The third-order valence-electron chi connectivity index (χ3n) is 3.88. The van der Waals surface area contributed by atoms with Gasteiger partial charge in [0.15, 0.2) is 0 Å². The Morgan fingerprint density at radius 2 is 2.19 bits per heavy atom. The average molecular weight is 233 g/mol. The van der Waals surface area contributed by atoms with E-state index in [1.54, 1.807) is 5.56 Å². The highest BCUT2D eigenvalue weighted by Gasteiger charge is 2.33. The normalized spacial score (nSPS) is 25.4. The predicted octanol–water partition coefficient (Wildman–Crippen LogP) is 3.26. The molecule has 0 bridgehead atoms. The van der Waals surface area contributed by atoms with Gasteiger partial charge in [-0.2, -0.15) is 0 Å². The molecule has 1 fully saturated rings. The summed E-state index contributed by atoms with van der Waals surface area (Å²) in [5, 5.41) is 3.54. The fourth-order valence-corrected chi connectivity index (χ4v) is 4.05. The van der Waals surface area contributed by atoms with E-state index in [0.717, 1.165) is 11.8 Å². The fraction of sp³-hybridized carbons (Fsp3) is 0.571. The lowest BCUT2D eigenvalue weighted by atomic mass is 9.90. The van der Waals surface area contributed by atoms with Crippen LogP contribution in [0.1, 0.15) is 30.7 Å². The Balaban J connectivity index is 1.78. The van der Waals surface area contributed by atoms with Crippen LogP contribution in [-0.2, 0) is 0 Å². The zero-order valence-electron chi connectivity index (χ0n) is 9.78. The van der Waals surface area contributed by atoms with E-state index in [-0.39, 0.29) is 0 Å². The monoisotopic (exact) mass is 233 g/mol. The summed E-state index contributed by atoms with van der Waals surface area (Å²) >= 11 is 2.03. The van der Waals surface area contributed by atoms with Crippen LogP contribution in [-0.4, -0.2) is 18.8 Å². The van der Waals surface area contributed by atoms with Crippen LogP contribution < -0.4 is 5.32 Å². The summed E-state index contributed by atoms with van der Waals surface area (Å²) < 4.78 is 0. The molecule has 0 saturated heterocycles. The van der Waals surface area contributed by atoms with Crippen LogP contribution in [0.25, 0.3) is 0 Å². The number of hydrogen-bond acceptors (Lipinski definition) is 2. The van der Waals surface area contributed by atoms with Gasteiger partial charge in [-0.15, -0.1) is 11.8 Å². The number of nitrogens with one attached hydrogen (secondary N) is 1. The minimum atomic E-state index is 0.684. The summed E-state index contributed by atoms with van der Waals surface area (Å²) in [7, 11) is 2.12. The Morgan fingerprint density at radius 1 is 1.38 bits per heavy atom. The van der Waals surface area contributed by atoms with Gasteiger partial charge in [0.25, 0.3) is 0 Å². The molecule has 1 nitrogen and oxygen atoms in total. The van der Waals surface area contributed by atoms with Crippen molar-refractivity contribution in [2.45, 2.75) is 36.1 Å². The number of thioether (sulfide) groups is 1. The van der Waals surface area contributed by atoms with Crippen LogP contribution in [0.4, 0.5) is 0 Å². The molecule has 3 rings (SSSR count). The number of fused-ring (bicyclic) bond motifs is 1. The molecule has 1 N–H and O–H groups in total. The Bertz CT molecular complexity index is 373. The van der Waals surface area contributed by atoms with Crippen molar-refractivity contribution in [3.05, 3.63) is 29.8 Å². The SMILES string of the molecule is CNC(CC1CC1)C1CSc2ccccc21. The molecule has 1 aromatic carbocycles. The second kappa shape index (κ2) is 4.42. The number of benzene rings is 1. The Hall–Kier alpha value is -0.470. The highest BCUT2D eigenvalue weighted by atomic mass is 32.2. The van der Waals surface area contributed by atoms with Crippen LogP contribution in [0.5, 0.6) is 0 Å². The molecular formula is C14H19NS. The zero-order chi connectivity index (χ0) is 11.0.